The fourth-order valence-electron chi connectivity index (χ4n) is 2.56. The van der Waals surface area contributed by atoms with Crippen molar-refractivity contribution >= 4 is 29.1 Å². The highest BCUT2D eigenvalue weighted by Gasteiger charge is 2.14. The molecule has 1 heterocycles. The molecule has 0 radical (unpaired) electrons. The highest BCUT2D eigenvalue weighted by atomic mass is 35.5. The molecule has 7 heteroatoms. The third kappa shape index (κ3) is 5.06. The molecule has 1 N–H and O–H groups in total. The molecule has 4 nitrogen and oxygen atoms in total. The first-order valence-electron chi connectivity index (χ1n) is 8.63. The molecule has 1 atom stereocenters. The summed E-state index contributed by atoms with van der Waals surface area (Å²) in [6, 6.07) is 14.5. The summed E-state index contributed by atoms with van der Waals surface area (Å²) < 4.78 is 24.1. The largest absolute Gasteiger partial charge is 0.484 e. The van der Waals surface area contributed by atoms with Crippen LogP contribution in [0.3, 0.4) is 0 Å². The number of carbonyl (C=O) groups excluding carboxylic acids is 1. The van der Waals surface area contributed by atoms with Crippen LogP contribution in [0.4, 0.5) is 4.39 Å². The Morgan fingerprint density at radius 2 is 1.89 bits per heavy atom. The van der Waals surface area contributed by atoms with E-state index in [0.717, 1.165) is 5.56 Å². The average molecular weight is 422 g/mol. The summed E-state index contributed by atoms with van der Waals surface area (Å²) in [7, 11) is 0. The quantitative estimate of drug-likeness (QED) is 0.521. The van der Waals surface area contributed by atoms with Gasteiger partial charge in [-0.3, -0.25) is 4.79 Å². The molecule has 0 fully saturated rings. The lowest BCUT2D eigenvalue weighted by atomic mass is 10.0. The molecule has 2 aromatic carbocycles. The van der Waals surface area contributed by atoms with Crippen LogP contribution in [0.2, 0.25) is 10.0 Å². The maximum atomic E-state index is 13.0. The van der Waals surface area contributed by atoms with Gasteiger partial charge in [0.15, 0.2) is 5.76 Å². The van der Waals surface area contributed by atoms with Gasteiger partial charge < -0.3 is 14.5 Å². The smallest absolute Gasteiger partial charge is 0.287 e. The van der Waals surface area contributed by atoms with Gasteiger partial charge in [-0.1, -0.05) is 48.3 Å². The first-order valence-corrected chi connectivity index (χ1v) is 9.39. The Morgan fingerprint density at radius 1 is 1.14 bits per heavy atom. The van der Waals surface area contributed by atoms with E-state index in [9.17, 15) is 9.18 Å². The maximum Gasteiger partial charge on any atom is 0.287 e. The minimum Gasteiger partial charge on any atom is -0.484 e. The second-order valence-electron chi connectivity index (χ2n) is 6.27. The molecule has 0 spiro atoms. The lowest BCUT2D eigenvalue weighted by Crippen LogP contribution is -2.27. The van der Waals surface area contributed by atoms with E-state index in [0.29, 0.717) is 28.1 Å². The van der Waals surface area contributed by atoms with Crippen molar-refractivity contribution in [1.82, 2.24) is 5.32 Å². The molecule has 1 aromatic heterocycles. The van der Waals surface area contributed by atoms with E-state index in [1.807, 2.05) is 6.92 Å². The van der Waals surface area contributed by atoms with E-state index in [1.54, 1.807) is 42.5 Å². The second-order valence-corrected chi connectivity index (χ2v) is 7.05. The van der Waals surface area contributed by atoms with Crippen molar-refractivity contribution in [3.05, 3.63) is 87.5 Å². The summed E-state index contributed by atoms with van der Waals surface area (Å²) in [5.41, 5.74) is 0.939. The summed E-state index contributed by atoms with van der Waals surface area (Å²) in [5.74, 6) is 0.511. The van der Waals surface area contributed by atoms with Gasteiger partial charge in [0.2, 0.25) is 0 Å². The SMILES string of the molecule is CC(CNC(=O)c1ccc(COc2cccc(Cl)c2Cl)o1)c1ccc(F)cc1. The number of hydrogen-bond donors (Lipinski definition) is 1. The van der Waals surface area contributed by atoms with Crippen LogP contribution in [-0.2, 0) is 6.61 Å². The minimum atomic E-state index is -0.332. The van der Waals surface area contributed by atoms with Crippen molar-refractivity contribution in [3.63, 3.8) is 0 Å². The van der Waals surface area contributed by atoms with Crippen LogP contribution in [0.15, 0.2) is 59.0 Å². The predicted octanol–water partition coefficient (Wildman–Crippen LogP) is 5.84. The number of rotatable bonds is 7. The topological polar surface area (TPSA) is 51.5 Å². The summed E-state index contributed by atoms with van der Waals surface area (Å²) >= 11 is 12.0. The Bertz CT molecular complexity index is 957. The summed E-state index contributed by atoms with van der Waals surface area (Å²) in [6.07, 6.45) is 0. The molecular formula is C21H18Cl2FNO3. The number of amides is 1. The number of benzene rings is 2. The Balaban J connectivity index is 1.53. The van der Waals surface area contributed by atoms with Gasteiger partial charge >= 0.3 is 0 Å². The zero-order valence-corrected chi connectivity index (χ0v) is 16.6. The number of hydrogen-bond acceptors (Lipinski definition) is 3. The summed E-state index contributed by atoms with van der Waals surface area (Å²) in [4.78, 5) is 12.3. The van der Waals surface area contributed by atoms with Crippen LogP contribution >= 0.6 is 23.2 Å². The van der Waals surface area contributed by atoms with Crippen LogP contribution in [-0.4, -0.2) is 12.5 Å². The number of furan rings is 1. The van der Waals surface area contributed by atoms with Crippen LogP contribution in [0.1, 0.15) is 34.7 Å². The number of ether oxygens (including phenoxy) is 1. The van der Waals surface area contributed by atoms with E-state index in [1.165, 1.54) is 12.1 Å². The van der Waals surface area contributed by atoms with Gasteiger partial charge in [-0.2, -0.15) is 0 Å². The summed E-state index contributed by atoms with van der Waals surface area (Å²) in [6.45, 7) is 2.46. The van der Waals surface area contributed by atoms with E-state index in [-0.39, 0.29) is 30.0 Å². The lowest BCUT2D eigenvalue weighted by Gasteiger charge is -2.12. The van der Waals surface area contributed by atoms with Gasteiger partial charge in [-0.25, -0.2) is 4.39 Å². The van der Waals surface area contributed by atoms with Crippen LogP contribution in [0.5, 0.6) is 5.75 Å². The molecule has 0 saturated heterocycles. The standard InChI is InChI=1S/C21H18Cl2FNO3/c1-13(14-5-7-15(24)8-6-14)11-25-21(26)19-10-9-16(28-19)12-27-18-4-2-3-17(22)20(18)23/h2-10,13H,11-12H2,1H3,(H,25,26). The van der Waals surface area contributed by atoms with Crippen molar-refractivity contribution in [2.75, 3.05) is 6.54 Å². The molecular weight excluding hydrogens is 404 g/mol. The van der Waals surface area contributed by atoms with Crippen molar-refractivity contribution < 1.29 is 18.3 Å². The minimum absolute atomic E-state index is 0.0345. The zero-order valence-electron chi connectivity index (χ0n) is 15.0. The van der Waals surface area contributed by atoms with Gasteiger partial charge in [-0.05, 0) is 47.9 Å². The van der Waals surface area contributed by atoms with Gasteiger partial charge in [0.25, 0.3) is 5.91 Å². The normalized spacial score (nSPS) is 11.9. The van der Waals surface area contributed by atoms with Gasteiger partial charge in [0.1, 0.15) is 29.0 Å². The highest BCUT2D eigenvalue weighted by molar-refractivity contribution is 6.42. The Labute approximate surface area is 172 Å². The molecule has 0 aliphatic carbocycles. The van der Waals surface area contributed by atoms with Crippen LogP contribution < -0.4 is 10.1 Å². The number of nitrogens with one attached hydrogen (secondary N) is 1. The first kappa shape index (κ1) is 20.2. The lowest BCUT2D eigenvalue weighted by molar-refractivity contribution is 0.0920. The molecule has 3 rings (SSSR count). The number of halogens is 3. The fourth-order valence-corrected chi connectivity index (χ4v) is 2.91. The van der Waals surface area contributed by atoms with Gasteiger partial charge in [0.05, 0.1) is 5.02 Å². The Hall–Kier alpha value is -2.50. The Kier molecular flexibility index (Phi) is 6.60. The predicted molar refractivity (Wildman–Crippen MR) is 107 cm³/mol. The highest BCUT2D eigenvalue weighted by Crippen LogP contribution is 2.32. The molecule has 0 aliphatic rings. The van der Waals surface area contributed by atoms with E-state index in [2.05, 4.69) is 5.32 Å². The van der Waals surface area contributed by atoms with Crippen molar-refractivity contribution in [3.8, 4) is 5.75 Å². The zero-order chi connectivity index (χ0) is 20.1. The Morgan fingerprint density at radius 3 is 2.64 bits per heavy atom. The number of carbonyl (C=O) groups is 1. The summed E-state index contributed by atoms with van der Waals surface area (Å²) in [5, 5.41) is 3.53. The fraction of sp³-hybridized carbons (Fsp3) is 0.190. The molecule has 146 valence electrons. The molecule has 3 aromatic rings. The second kappa shape index (κ2) is 9.13. The third-order valence-electron chi connectivity index (χ3n) is 4.18. The van der Waals surface area contributed by atoms with Gasteiger partial charge in [0, 0.05) is 6.54 Å². The van der Waals surface area contributed by atoms with Gasteiger partial charge in [-0.15, -0.1) is 0 Å². The average Bonchev–Trinajstić information content (AvgIpc) is 3.16. The van der Waals surface area contributed by atoms with E-state index < -0.39 is 0 Å². The van der Waals surface area contributed by atoms with Crippen LogP contribution in [0, 0.1) is 5.82 Å². The molecule has 1 unspecified atom stereocenters. The molecule has 0 bridgehead atoms. The maximum absolute atomic E-state index is 13.0. The van der Waals surface area contributed by atoms with Crippen molar-refractivity contribution in [2.24, 2.45) is 0 Å². The molecule has 1 amide bonds. The first-order chi connectivity index (χ1) is 13.4. The molecule has 28 heavy (non-hydrogen) atoms. The van der Waals surface area contributed by atoms with Crippen molar-refractivity contribution in [2.45, 2.75) is 19.4 Å². The van der Waals surface area contributed by atoms with E-state index in [4.69, 9.17) is 32.4 Å². The third-order valence-corrected chi connectivity index (χ3v) is 4.98. The monoisotopic (exact) mass is 421 g/mol. The molecule has 0 aliphatic heterocycles. The van der Waals surface area contributed by atoms with Crippen molar-refractivity contribution in [1.29, 1.82) is 0 Å². The van der Waals surface area contributed by atoms with E-state index >= 15 is 0 Å². The van der Waals surface area contributed by atoms with Crippen LogP contribution in [0.25, 0.3) is 0 Å². The molecule has 0 saturated carbocycles.